The average Bonchev–Trinajstić information content (AvgIpc) is 2.72. The first kappa shape index (κ1) is 23.9. The third-order valence-corrected chi connectivity index (χ3v) is 5.71. The maximum Gasteiger partial charge on any atom is 0.252 e. The van der Waals surface area contributed by atoms with E-state index in [1.54, 1.807) is 0 Å². The van der Waals surface area contributed by atoms with Crippen molar-refractivity contribution in [3.05, 3.63) is 70.5 Å². The maximum absolute atomic E-state index is 13.4. The molecule has 0 aliphatic carbocycles. The van der Waals surface area contributed by atoms with Gasteiger partial charge in [-0.1, -0.05) is 51.1 Å². The summed E-state index contributed by atoms with van der Waals surface area (Å²) in [5, 5.41) is 3.51. The van der Waals surface area contributed by atoms with Gasteiger partial charge in [0.25, 0.3) is 5.91 Å². The van der Waals surface area contributed by atoms with Crippen LogP contribution >= 0.6 is 11.6 Å². The van der Waals surface area contributed by atoms with Crippen LogP contribution in [0.4, 0.5) is 4.39 Å². The minimum Gasteiger partial charge on any atom is -0.341 e. The highest BCUT2D eigenvalue weighted by Gasteiger charge is 2.31. The molecular weight excluding hydrogens is 403 g/mol. The maximum atomic E-state index is 13.4. The van der Waals surface area contributed by atoms with Gasteiger partial charge in [-0.3, -0.25) is 9.59 Å². The zero-order valence-corrected chi connectivity index (χ0v) is 17.5. The van der Waals surface area contributed by atoms with Crippen molar-refractivity contribution in [3.63, 3.8) is 0 Å². The molecule has 1 N–H and O–H groups in total. The molecule has 1 aliphatic rings. The van der Waals surface area contributed by atoms with Crippen LogP contribution in [0.5, 0.6) is 0 Å². The Kier molecular flexibility index (Phi) is 8.42. The Hall–Kier alpha value is -2.40. The van der Waals surface area contributed by atoms with Gasteiger partial charge in [-0.2, -0.15) is 0 Å². The van der Waals surface area contributed by atoms with E-state index in [-0.39, 0.29) is 24.8 Å². The zero-order valence-electron chi connectivity index (χ0n) is 16.7. The van der Waals surface area contributed by atoms with Gasteiger partial charge in [0.05, 0.1) is 0 Å². The third-order valence-electron chi connectivity index (χ3n) is 5.45. The fraction of sp³-hybridized carbons (Fsp3) is 0.417. The van der Waals surface area contributed by atoms with E-state index < -0.39 is 17.8 Å². The molecule has 0 radical (unpaired) electrons. The van der Waals surface area contributed by atoms with Crippen molar-refractivity contribution in [2.75, 3.05) is 13.1 Å². The van der Waals surface area contributed by atoms with Crippen molar-refractivity contribution < 1.29 is 14.0 Å². The number of amides is 2. The number of benzene rings is 2. The van der Waals surface area contributed by atoms with Crippen molar-refractivity contribution in [2.45, 2.75) is 46.1 Å². The van der Waals surface area contributed by atoms with E-state index in [0.717, 1.165) is 17.9 Å². The molecule has 0 aromatic heterocycles. The van der Waals surface area contributed by atoms with Crippen LogP contribution < -0.4 is 5.32 Å². The average molecular weight is 433 g/mol. The topological polar surface area (TPSA) is 49.4 Å². The van der Waals surface area contributed by atoms with Crippen LogP contribution in [0.3, 0.4) is 0 Å². The van der Waals surface area contributed by atoms with E-state index in [1.807, 2.05) is 43.0 Å². The second-order valence-corrected chi connectivity index (χ2v) is 8.29. The Labute approximate surface area is 183 Å². The normalized spacial score (nSPS) is 15.4. The second-order valence-electron chi connectivity index (χ2n) is 7.86. The molecule has 2 aromatic rings. The molecule has 4 nitrogen and oxygen atoms in total. The van der Waals surface area contributed by atoms with Crippen LogP contribution in [0.15, 0.2) is 48.5 Å². The number of likely N-dealkylation sites (tertiary alicyclic amines) is 1. The fourth-order valence-corrected chi connectivity index (χ4v) is 3.86. The van der Waals surface area contributed by atoms with Gasteiger partial charge in [-0.15, -0.1) is 0 Å². The lowest BCUT2D eigenvalue weighted by Gasteiger charge is -2.35. The van der Waals surface area contributed by atoms with Crippen LogP contribution in [0.1, 0.15) is 56.0 Å². The summed E-state index contributed by atoms with van der Waals surface area (Å²) in [4.78, 5) is 27.4. The van der Waals surface area contributed by atoms with E-state index in [4.69, 9.17) is 11.6 Å². The molecule has 162 valence electrons. The predicted molar refractivity (Wildman–Crippen MR) is 119 cm³/mol. The standard InChI is InChI=1S/C23H26ClFN2O2.CH4/c1-15(2)21(26-22(28)18-4-3-5-20(25)14-18)23(29)27-12-10-17(11-13-27)16-6-8-19(24)9-7-16;/h3-9,14-15,17,21H,10-13H2,1-2H3,(H,26,28);1H4. The lowest BCUT2D eigenvalue weighted by molar-refractivity contribution is -0.135. The van der Waals surface area contributed by atoms with E-state index >= 15 is 0 Å². The second kappa shape index (κ2) is 10.6. The molecule has 2 aromatic carbocycles. The van der Waals surface area contributed by atoms with Gasteiger partial charge in [0, 0.05) is 23.7 Å². The molecule has 1 atom stereocenters. The van der Waals surface area contributed by atoms with Gasteiger partial charge in [0.2, 0.25) is 5.91 Å². The lowest BCUT2D eigenvalue weighted by Crippen LogP contribution is -2.52. The summed E-state index contributed by atoms with van der Waals surface area (Å²) in [5.41, 5.74) is 1.45. The van der Waals surface area contributed by atoms with Gasteiger partial charge in [-0.05, 0) is 60.6 Å². The molecule has 1 saturated heterocycles. The van der Waals surface area contributed by atoms with Crippen molar-refractivity contribution in [1.29, 1.82) is 0 Å². The SMILES string of the molecule is C.CC(C)C(NC(=O)c1cccc(F)c1)C(=O)N1CCC(c2ccc(Cl)cc2)CC1. The van der Waals surface area contributed by atoms with E-state index in [9.17, 15) is 14.0 Å². The molecular formula is C24H30ClFN2O2. The Morgan fingerprint density at radius 1 is 1.10 bits per heavy atom. The predicted octanol–water partition coefficient (Wildman–Crippen LogP) is 5.28. The zero-order chi connectivity index (χ0) is 21.0. The summed E-state index contributed by atoms with van der Waals surface area (Å²) < 4.78 is 13.4. The highest BCUT2D eigenvalue weighted by Crippen LogP contribution is 2.29. The number of hydrogen-bond acceptors (Lipinski definition) is 2. The lowest BCUT2D eigenvalue weighted by atomic mass is 9.89. The van der Waals surface area contributed by atoms with E-state index in [2.05, 4.69) is 5.32 Å². The molecule has 0 spiro atoms. The molecule has 6 heteroatoms. The number of piperidine rings is 1. The Morgan fingerprint density at radius 2 is 1.73 bits per heavy atom. The number of hydrogen-bond donors (Lipinski definition) is 1. The van der Waals surface area contributed by atoms with Crippen LogP contribution in [-0.2, 0) is 4.79 Å². The smallest absolute Gasteiger partial charge is 0.252 e. The molecule has 3 rings (SSSR count). The molecule has 0 saturated carbocycles. The molecule has 1 aliphatic heterocycles. The quantitative estimate of drug-likeness (QED) is 0.699. The largest absolute Gasteiger partial charge is 0.341 e. The molecule has 1 heterocycles. The summed E-state index contributed by atoms with van der Waals surface area (Å²) in [6.45, 7) is 5.08. The van der Waals surface area contributed by atoms with Crippen molar-refractivity contribution in [2.24, 2.45) is 5.92 Å². The number of nitrogens with zero attached hydrogens (tertiary/aromatic N) is 1. The number of rotatable bonds is 5. The van der Waals surface area contributed by atoms with Crippen LogP contribution in [0, 0.1) is 11.7 Å². The first-order chi connectivity index (χ1) is 13.8. The molecule has 30 heavy (non-hydrogen) atoms. The number of carbonyl (C=O) groups excluding carboxylic acids is 2. The van der Waals surface area contributed by atoms with Gasteiger partial charge in [0.1, 0.15) is 11.9 Å². The Morgan fingerprint density at radius 3 is 2.30 bits per heavy atom. The third kappa shape index (κ3) is 5.82. The van der Waals surface area contributed by atoms with Crippen LogP contribution in [0.2, 0.25) is 5.02 Å². The molecule has 2 amide bonds. The Balaban J connectivity index is 0.00000320. The highest BCUT2D eigenvalue weighted by molar-refractivity contribution is 6.30. The summed E-state index contributed by atoms with van der Waals surface area (Å²) >= 11 is 5.97. The van der Waals surface area contributed by atoms with Gasteiger partial charge < -0.3 is 10.2 Å². The molecule has 0 bridgehead atoms. The summed E-state index contributed by atoms with van der Waals surface area (Å²) in [6.07, 6.45) is 1.74. The first-order valence-corrected chi connectivity index (χ1v) is 10.3. The van der Waals surface area contributed by atoms with Crippen molar-refractivity contribution in [3.8, 4) is 0 Å². The van der Waals surface area contributed by atoms with Crippen LogP contribution in [0.25, 0.3) is 0 Å². The highest BCUT2D eigenvalue weighted by atomic mass is 35.5. The number of carbonyl (C=O) groups is 2. The fourth-order valence-electron chi connectivity index (χ4n) is 3.73. The van der Waals surface area contributed by atoms with Gasteiger partial charge in [0.15, 0.2) is 0 Å². The van der Waals surface area contributed by atoms with Crippen LogP contribution in [-0.4, -0.2) is 35.8 Å². The Bertz CT molecular complexity index is 862. The summed E-state index contributed by atoms with van der Waals surface area (Å²) in [5.74, 6) is -0.675. The molecule has 1 fully saturated rings. The number of nitrogens with one attached hydrogen (secondary N) is 1. The number of halogens is 2. The minimum absolute atomic E-state index is 0. The van der Waals surface area contributed by atoms with Crippen molar-refractivity contribution >= 4 is 23.4 Å². The van der Waals surface area contributed by atoms with E-state index in [0.29, 0.717) is 19.0 Å². The monoisotopic (exact) mass is 432 g/mol. The van der Waals surface area contributed by atoms with E-state index in [1.165, 1.54) is 29.8 Å². The van der Waals surface area contributed by atoms with Gasteiger partial charge in [-0.25, -0.2) is 4.39 Å². The minimum atomic E-state index is -0.641. The summed E-state index contributed by atoms with van der Waals surface area (Å²) in [6, 6.07) is 12.7. The summed E-state index contributed by atoms with van der Waals surface area (Å²) in [7, 11) is 0. The first-order valence-electron chi connectivity index (χ1n) is 9.96. The van der Waals surface area contributed by atoms with Gasteiger partial charge >= 0.3 is 0 Å². The molecule has 1 unspecified atom stereocenters. The van der Waals surface area contributed by atoms with Crippen molar-refractivity contribution in [1.82, 2.24) is 10.2 Å².